The Morgan fingerprint density at radius 2 is 1.83 bits per heavy atom. The van der Waals surface area contributed by atoms with Crippen molar-refractivity contribution in [3.05, 3.63) is 0 Å². The van der Waals surface area contributed by atoms with Crippen LogP contribution in [0.25, 0.3) is 0 Å². The van der Waals surface area contributed by atoms with E-state index in [-0.39, 0.29) is 12.5 Å². The zero-order valence-corrected chi connectivity index (χ0v) is 11.3. The second kappa shape index (κ2) is 7.20. The molecule has 0 unspecified atom stereocenters. The molecule has 1 rings (SSSR count). The van der Waals surface area contributed by atoms with Gasteiger partial charge in [0.1, 0.15) is 0 Å². The Hall–Kier alpha value is -1.30. The minimum Gasteiger partial charge on any atom is -0.481 e. The van der Waals surface area contributed by atoms with E-state index in [1.54, 1.807) is 11.9 Å². The minimum absolute atomic E-state index is 0.0103. The standard InChI is InChI=1S/C12H23N3O3/c1-3-14-7-9-15(10-8-14)12(18)13(2)6-4-5-11(16)17/h3-10H2,1-2H3,(H,16,17). The van der Waals surface area contributed by atoms with E-state index in [0.717, 1.165) is 32.7 Å². The smallest absolute Gasteiger partial charge is 0.319 e. The Balaban J connectivity index is 2.28. The van der Waals surface area contributed by atoms with E-state index in [1.165, 1.54) is 0 Å². The Kier molecular flexibility index (Phi) is 5.91. The number of likely N-dealkylation sites (N-methyl/N-ethyl adjacent to an activating group) is 1. The van der Waals surface area contributed by atoms with Gasteiger partial charge in [-0.05, 0) is 13.0 Å². The van der Waals surface area contributed by atoms with Crippen LogP contribution >= 0.6 is 0 Å². The minimum atomic E-state index is -0.813. The largest absolute Gasteiger partial charge is 0.481 e. The molecular formula is C12H23N3O3. The van der Waals surface area contributed by atoms with Crippen LogP contribution in [0.3, 0.4) is 0 Å². The van der Waals surface area contributed by atoms with Crippen LogP contribution in [0.2, 0.25) is 0 Å². The van der Waals surface area contributed by atoms with Gasteiger partial charge >= 0.3 is 12.0 Å². The third-order valence-corrected chi connectivity index (χ3v) is 3.30. The molecule has 1 fully saturated rings. The molecule has 0 radical (unpaired) electrons. The molecule has 0 atom stereocenters. The average molecular weight is 257 g/mol. The molecule has 0 aromatic heterocycles. The molecule has 0 spiro atoms. The fourth-order valence-electron chi connectivity index (χ4n) is 2.06. The Labute approximate surface area is 108 Å². The highest BCUT2D eigenvalue weighted by Gasteiger charge is 2.22. The predicted molar refractivity (Wildman–Crippen MR) is 68.6 cm³/mol. The first-order valence-electron chi connectivity index (χ1n) is 6.48. The Morgan fingerprint density at radius 1 is 1.22 bits per heavy atom. The zero-order valence-electron chi connectivity index (χ0n) is 11.3. The quantitative estimate of drug-likeness (QED) is 0.781. The highest BCUT2D eigenvalue weighted by atomic mass is 16.4. The van der Waals surface area contributed by atoms with Crippen molar-refractivity contribution in [2.45, 2.75) is 19.8 Å². The summed E-state index contributed by atoms with van der Waals surface area (Å²) in [6.45, 7) is 7.01. The van der Waals surface area contributed by atoms with E-state index < -0.39 is 5.97 Å². The number of aliphatic carboxylic acids is 1. The second-order valence-corrected chi connectivity index (χ2v) is 4.62. The molecule has 104 valence electrons. The summed E-state index contributed by atoms with van der Waals surface area (Å²) in [7, 11) is 1.73. The highest BCUT2D eigenvalue weighted by Crippen LogP contribution is 2.05. The van der Waals surface area contributed by atoms with Gasteiger partial charge in [0.25, 0.3) is 0 Å². The predicted octanol–water partition coefficient (Wildman–Crippen LogP) is 0.540. The molecule has 18 heavy (non-hydrogen) atoms. The zero-order chi connectivity index (χ0) is 13.5. The van der Waals surface area contributed by atoms with Crippen molar-refractivity contribution >= 4 is 12.0 Å². The van der Waals surface area contributed by atoms with Crippen molar-refractivity contribution in [1.29, 1.82) is 0 Å². The van der Waals surface area contributed by atoms with Gasteiger partial charge in [-0.2, -0.15) is 0 Å². The maximum Gasteiger partial charge on any atom is 0.319 e. The summed E-state index contributed by atoms with van der Waals surface area (Å²) < 4.78 is 0. The molecule has 1 N–H and O–H groups in total. The summed E-state index contributed by atoms with van der Waals surface area (Å²) in [5.74, 6) is -0.813. The first-order chi connectivity index (χ1) is 8.54. The van der Waals surface area contributed by atoms with Gasteiger partial charge in [-0.3, -0.25) is 4.79 Å². The summed E-state index contributed by atoms with van der Waals surface area (Å²) in [6, 6.07) is 0.0103. The first-order valence-corrected chi connectivity index (χ1v) is 6.48. The van der Waals surface area contributed by atoms with E-state index in [2.05, 4.69) is 11.8 Å². The van der Waals surface area contributed by atoms with Crippen LogP contribution < -0.4 is 0 Å². The first kappa shape index (κ1) is 14.8. The Morgan fingerprint density at radius 3 is 2.33 bits per heavy atom. The van der Waals surface area contributed by atoms with Crippen molar-refractivity contribution in [2.24, 2.45) is 0 Å². The van der Waals surface area contributed by atoms with Crippen molar-refractivity contribution in [3.8, 4) is 0 Å². The molecule has 1 heterocycles. The van der Waals surface area contributed by atoms with E-state index in [4.69, 9.17) is 5.11 Å². The van der Waals surface area contributed by atoms with Gasteiger partial charge < -0.3 is 19.8 Å². The van der Waals surface area contributed by atoms with Crippen molar-refractivity contribution < 1.29 is 14.7 Å². The lowest BCUT2D eigenvalue weighted by Crippen LogP contribution is -2.52. The second-order valence-electron chi connectivity index (χ2n) is 4.62. The molecule has 1 saturated heterocycles. The van der Waals surface area contributed by atoms with Crippen LogP contribution in [0, 0.1) is 0 Å². The Bertz CT molecular complexity index is 288. The number of carbonyl (C=O) groups excluding carboxylic acids is 1. The molecule has 0 bridgehead atoms. The maximum atomic E-state index is 12.1. The maximum absolute atomic E-state index is 12.1. The fourth-order valence-corrected chi connectivity index (χ4v) is 2.06. The molecule has 0 saturated carbocycles. The third kappa shape index (κ3) is 4.52. The number of piperazine rings is 1. The average Bonchev–Trinajstić information content (AvgIpc) is 2.37. The third-order valence-electron chi connectivity index (χ3n) is 3.30. The van der Waals surface area contributed by atoms with Gasteiger partial charge in [0.2, 0.25) is 0 Å². The van der Waals surface area contributed by atoms with E-state index in [0.29, 0.717) is 13.0 Å². The molecule has 1 aliphatic rings. The van der Waals surface area contributed by atoms with Crippen molar-refractivity contribution in [1.82, 2.24) is 14.7 Å². The number of urea groups is 1. The summed E-state index contributed by atoms with van der Waals surface area (Å²) in [4.78, 5) is 28.2. The number of amides is 2. The van der Waals surface area contributed by atoms with Gasteiger partial charge in [-0.1, -0.05) is 6.92 Å². The summed E-state index contributed by atoms with van der Waals surface area (Å²) in [6.07, 6.45) is 0.619. The van der Waals surface area contributed by atoms with Gasteiger partial charge in [0.15, 0.2) is 0 Å². The lowest BCUT2D eigenvalue weighted by atomic mass is 10.3. The summed E-state index contributed by atoms with van der Waals surface area (Å²) >= 11 is 0. The number of carboxylic acids is 1. The topological polar surface area (TPSA) is 64.1 Å². The number of carbonyl (C=O) groups is 2. The van der Waals surface area contributed by atoms with Gasteiger partial charge in [-0.15, -0.1) is 0 Å². The number of hydrogen-bond donors (Lipinski definition) is 1. The molecular weight excluding hydrogens is 234 g/mol. The molecule has 0 aromatic carbocycles. The van der Waals surface area contributed by atoms with Crippen LogP contribution in [0.4, 0.5) is 4.79 Å². The van der Waals surface area contributed by atoms with Gasteiger partial charge in [-0.25, -0.2) is 4.79 Å². The van der Waals surface area contributed by atoms with Gasteiger partial charge in [0, 0.05) is 46.2 Å². The van der Waals surface area contributed by atoms with Crippen LogP contribution in [-0.2, 0) is 4.79 Å². The molecule has 6 nitrogen and oxygen atoms in total. The van der Waals surface area contributed by atoms with Crippen LogP contribution in [-0.4, -0.2) is 78.1 Å². The molecule has 0 aliphatic carbocycles. The summed E-state index contributed by atoms with van der Waals surface area (Å²) in [5.41, 5.74) is 0. The number of rotatable bonds is 5. The molecule has 1 aliphatic heterocycles. The fraction of sp³-hybridized carbons (Fsp3) is 0.833. The number of carboxylic acid groups (broad SMARTS) is 1. The van der Waals surface area contributed by atoms with E-state index in [9.17, 15) is 9.59 Å². The van der Waals surface area contributed by atoms with Crippen molar-refractivity contribution in [2.75, 3.05) is 46.3 Å². The molecule has 6 heteroatoms. The normalized spacial score (nSPS) is 16.7. The number of hydrogen-bond acceptors (Lipinski definition) is 3. The van der Waals surface area contributed by atoms with Crippen LogP contribution in [0.15, 0.2) is 0 Å². The molecule has 2 amide bonds. The molecule has 0 aromatic rings. The number of nitrogens with zero attached hydrogens (tertiary/aromatic N) is 3. The van der Waals surface area contributed by atoms with Crippen LogP contribution in [0.1, 0.15) is 19.8 Å². The monoisotopic (exact) mass is 257 g/mol. The summed E-state index contributed by atoms with van der Waals surface area (Å²) in [5, 5.41) is 8.55. The van der Waals surface area contributed by atoms with Crippen LogP contribution in [0.5, 0.6) is 0 Å². The lowest BCUT2D eigenvalue weighted by molar-refractivity contribution is -0.137. The van der Waals surface area contributed by atoms with E-state index in [1.807, 2.05) is 4.90 Å². The van der Waals surface area contributed by atoms with E-state index >= 15 is 0 Å². The lowest BCUT2D eigenvalue weighted by Gasteiger charge is -2.36. The highest BCUT2D eigenvalue weighted by molar-refractivity contribution is 5.74. The SMILES string of the molecule is CCN1CCN(C(=O)N(C)CCCC(=O)O)CC1. The van der Waals surface area contributed by atoms with Crippen molar-refractivity contribution in [3.63, 3.8) is 0 Å². The van der Waals surface area contributed by atoms with Gasteiger partial charge in [0.05, 0.1) is 0 Å².